The fourth-order valence-electron chi connectivity index (χ4n) is 2.58. The summed E-state index contributed by atoms with van der Waals surface area (Å²) in [6.45, 7) is 4.56. The zero-order chi connectivity index (χ0) is 19.1. The Morgan fingerprint density at radius 1 is 1.07 bits per heavy atom. The predicted molar refractivity (Wildman–Crippen MR) is 104 cm³/mol. The first-order chi connectivity index (χ1) is 13.1. The summed E-state index contributed by atoms with van der Waals surface area (Å²) in [5.74, 6) is 2.19. The quantitative estimate of drug-likeness (QED) is 0.552. The van der Waals surface area contributed by atoms with E-state index < -0.39 is 6.03 Å². The highest BCUT2D eigenvalue weighted by atomic mass is 16.6. The number of aryl methyl sites for hydroxylation is 1. The highest BCUT2D eigenvalue weighted by Gasteiger charge is 2.13. The number of hydrogen-bond donors (Lipinski definition) is 4. The molecule has 0 saturated carbocycles. The van der Waals surface area contributed by atoms with Gasteiger partial charge in [0.2, 0.25) is 5.95 Å². The van der Waals surface area contributed by atoms with Gasteiger partial charge in [0.05, 0.1) is 0 Å². The van der Waals surface area contributed by atoms with Crippen molar-refractivity contribution in [3.05, 3.63) is 30.0 Å². The van der Waals surface area contributed by atoms with Crippen LogP contribution in [0, 0.1) is 6.92 Å². The summed E-state index contributed by atoms with van der Waals surface area (Å²) in [4.78, 5) is 20.8. The molecule has 1 aromatic heterocycles. The van der Waals surface area contributed by atoms with Crippen molar-refractivity contribution in [2.24, 2.45) is 0 Å². The van der Waals surface area contributed by atoms with Gasteiger partial charge in [-0.3, -0.25) is 5.32 Å². The van der Waals surface area contributed by atoms with E-state index in [1.54, 1.807) is 18.2 Å². The van der Waals surface area contributed by atoms with Crippen LogP contribution in [0.2, 0.25) is 0 Å². The monoisotopic (exact) mass is 372 g/mol. The Balaban J connectivity index is 1.59. The summed E-state index contributed by atoms with van der Waals surface area (Å²) in [6.07, 6.45) is 0.965. The third-order valence-corrected chi connectivity index (χ3v) is 3.79. The molecule has 0 radical (unpaired) electrons. The number of anilines is 3. The molecule has 4 N–H and O–H groups in total. The van der Waals surface area contributed by atoms with Gasteiger partial charge in [-0.1, -0.05) is 0 Å². The highest BCUT2D eigenvalue weighted by molar-refractivity contribution is 5.98. The molecule has 2 heterocycles. The van der Waals surface area contributed by atoms with Crippen molar-refractivity contribution in [2.75, 3.05) is 49.3 Å². The lowest BCUT2D eigenvalue weighted by atomic mass is 10.2. The lowest BCUT2D eigenvalue weighted by Crippen LogP contribution is -2.22. The molecule has 3 rings (SSSR count). The van der Waals surface area contributed by atoms with Crippen LogP contribution in [-0.4, -0.2) is 49.4 Å². The number of aromatic nitrogens is 2. The molecule has 2 aromatic rings. The molecule has 9 heteroatoms. The Morgan fingerprint density at radius 2 is 1.89 bits per heavy atom. The van der Waals surface area contributed by atoms with Crippen molar-refractivity contribution in [3.63, 3.8) is 0 Å². The van der Waals surface area contributed by atoms with E-state index in [2.05, 4.69) is 31.2 Å². The molecular weight excluding hydrogens is 348 g/mol. The van der Waals surface area contributed by atoms with Crippen molar-refractivity contribution >= 4 is 23.5 Å². The first kappa shape index (κ1) is 18.7. The summed E-state index contributed by atoms with van der Waals surface area (Å²) < 4.78 is 11.0. The van der Waals surface area contributed by atoms with Crippen LogP contribution in [0.1, 0.15) is 12.1 Å². The van der Waals surface area contributed by atoms with Crippen LogP contribution in [0.15, 0.2) is 24.3 Å². The van der Waals surface area contributed by atoms with Gasteiger partial charge in [0.25, 0.3) is 0 Å². The predicted octanol–water partition coefficient (Wildman–Crippen LogP) is 2.22. The van der Waals surface area contributed by atoms with E-state index in [0.717, 1.165) is 25.2 Å². The van der Waals surface area contributed by atoms with Crippen molar-refractivity contribution in [3.8, 4) is 11.5 Å². The first-order valence-corrected chi connectivity index (χ1v) is 8.86. The van der Waals surface area contributed by atoms with Crippen molar-refractivity contribution in [1.82, 2.24) is 15.3 Å². The first-order valence-electron chi connectivity index (χ1n) is 8.86. The maximum Gasteiger partial charge on any atom is 0.326 e. The number of rotatable bonds is 7. The van der Waals surface area contributed by atoms with Crippen LogP contribution in [0.25, 0.3) is 0 Å². The summed E-state index contributed by atoms with van der Waals surface area (Å²) in [5.41, 5.74) is 1.35. The molecule has 2 amide bonds. The maximum atomic E-state index is 12.3. The lowest BCUT2D eigenvalue weighted by Gasteiger charge is -2.19. The maximum absolute atomic E-state index is 12.3. The Morgan fingerprint density at radius 3 is 2.70 bits per heavy atom. The Hall–Kier alpha value is -3.07. The lowest BCUT2D eigenvalue weighted by molar-refractivity contribution is 0.171. The van der Waals surface area contributed by atoms with Crippen LogP contribution < -0.4 is 30.7 Å². The van der Waals surface area contributed by atoms with E-state index in [1.807, 2.05) is 20.0 Å². The normalized spacial score (nSPS) is 12.4. The molecule has 0 atom stereocenters. The molecule has 27 heavy (non-hydrogen) atoms. The van der Waals surface area contributed by atoms with Gasteiger partial charge in [-0.25, -0.2) is 9.78 Å². The molecule has 0 aliphatic carbocycles. The molecule has 144 valence electrons. The topological polar surface area (TPSA) is 109 Å². The number of fused-ring (bicyclic) bond motifs is 1. The van der Waals surface area contributed by atoms with E-state index in [0.29, 0.717) is 36.2 Å². The minimum Gasteiger partial charge on any atom is -0.486 e. The van der Waals surface area contributed by atoms with Crippen LogP contribution in [0.5, 0.6) is 11.5 Å². The number of hydrogen-bond acceptors (Lipinski definition) is 7. The van der Waals surface area contributed by atoms with E-state index in [1.165, 1.54) is 0 Å². The van der Waals surface area contributed by atoms with Crippen molar-refractivity contribution in [2.45, 2.75) is 13.3 Å². The Kier molecular flexibility index (Phi) is 6.26. The largest absolute Gasteiger partial charge is 0.486 e. The van der Waals surface area contributed by atoms with Gasteiger partial charge < -0.3 is 25.4 Å². The third kappa shape index (κ3) is 5.45. The van der Waals surface area contributed by atoms with E-state index in [9.17, 15) is 4.79 Å². The minimum atomic E-state index is -0.432. The van der Waals surface area contributed by atoms with Gasteiger partial charge in [0.1, 0.15) is 19.0 Å². The van der Waals surface area contributed by atoms with Gasteiger partial charge in [-0.05, 0) is 39.1 Å². The fraction of sp³-hybridized carbons (Fsp3) is 0.389. The number of carbonyl (C=O) groups excluding carboxylic acids is 1. The fourth-order valence-corrected chi connectivity index (χ4v) is 2.58. The summed E-state index contributed by atoms with van der Waals surface area (Å²) in [7, 11) is 1.91. The Labute approximate surface area is 157 Å². The molecule has 1 aromatic carbocycles. The van der Waals surface area contributed by atoms with Gasteiger partial charge in [-0.2, -0.15) is 4.98 Å². The van der Waals surface area contributed by atoms with Crippen LogP contribution in [0.4, 0.5) is 22.2 Å². The van der Waals surface area contributed by atoms with E-state index >= 15 is 0 Å². The van der Waals surface area contributed by atoms with Crippen molar-refractivity contribution < 1.29 is 14.3 Å². The Bertz CT molecular complexity index is 799. The molecule has 1 aliphatic rings. The molecule has 0 fully saturated rings. The molecule has 0 bridgehead atoms. The summed E-state index contributed by atoms with van der Waals surface area (Å²) >= 11 is 0. The molecular formula is C18H24N6O3. The van der Waals surface area contributed by atoms with Gasteiger partial charge in [-0.15, -0.1) is 0 Å². The SMILES string of the molecule is CNCCCNc1cc(C)nc(NC(=O)Nc2ccc3c(c2)OCCO3)n1. The average Bonchev–Trinajstić information content (AvgIpc) is 2.64. The number of benzene rings is 1. The molecule has 0 saturated heterocycles. The number of urea groups is 1. The zero-order valence-corrected chi connectivity index (χ0v) is 15.5. The second kappa shape index (κ2) is 9.04. The van der Waals surface area contributed by atoms with Gasteiger partial charge >= 0.3 is 6.03 Å². The molecule has 1 aliphatic heterocycles. The number of carbonyl (C=O) groups is 1. The third-order valence-electron chi connectivity index (χ3n) is 3.79. The van der Waals surface area contributed by atoms with Crippen LogP contribution in [-0.2, 0) is 0 Å². The average molecular weight is 372 g/mol. The van der Waals surface area contributed by atoms with E-state index in [-0.39, 0.29) is 5.95 Å². The smallest absolute Gasteiger partial charge is 0.326 e. The molecule has 9 nitrogen and oxygen atoms in total. The second-order valence-electron chi connectivity index (χ2n) is 6.04. The standard InChI is InChI=1S/C18H24N6O3/c1-12-10-16(20-7-3-6-19-2)23-17(21-12)24-18(25)22-13-4-5-14-15(11-13)27-9-8-26-14/h4-5,10-11,19H,3,6-9H2,1-2H3,(H3,20,21,22,23,24,25). The number of nitrogens with zero attached hydrogens (tertiary/aromatic N) is 2. The minimum absolute atomic E-state index is 0.237. The number of nitrogens with one attached hydrogen (secondary N) is 4. The van der Waals surface area contributed by atoms with Gasteiger partial charge in [0.15, 0.2) is 11.5 Å². The number of amides is 2. The summed E-state index contributed by atoms with van der Waals surface area (Å²) in [5, 5.41) is 11.7. The summed E-state index contributed by atoms with van der Waals surface area (Å²) in [6, 6.07) is 6.64. The zero-order valence-electron chi connectivity index (χ0n) is 15.5. The second-order valence-corrected chi connectivity index (χ2v) is 6.04. The highest BCUT2D eigenvalue weighted by Crippen LogP contribution is 2.32. The van der Waals surface area contributed by atoms with Crippen molar-refractivity contribution in [1.29, 1.82) is 0 Å². The van der Waals surface area contributed by atoms with Crippen LogP contribution in [0.3, 0.4) is 0 Å². The molecule has 0 spiro atoms. The van der Waals surface area contributed by atoms with E-state index in [4.69, 9.17) is 9.47 Å². The van der Waals surface area contributed by atoms with Crippen LogP contribution >= 0.6 is 0 Å². The molecule has 0 unspecified atom stereocenters. The number of ether oxygens (including phenoxy) is 2. The van der Waals surface area contributed by atoms with Gasteiger partial charge in [0, 0.05) is 30.1 Å².